The molecule has 0 radical (unpaired) electrons. The van der Waals surface area contributed by atoms with Gasteiger partial charge in [-0.2, -0.15) is 9.97 Å². The minimum absolute atomic E-state index is 0.261. The van der Waals surface area contributed by atoms with Crippen LogP contribution in [-0.4, -0.2) is 31.1 Å². The third-order valence-electron chi connectivity index (χ3n) is 2.87. The predicted molar refractivity (Wildman–Crippen MR) is 73.2 cm³/mol. The van der Waals surface area contributed by atoms with E-state index < -0.39 is 0 Å². The van der Waals surface area contributed by atoms with Crippen molar-refractivity contribution in [3.05, 3.63) is 40.7 Å². The second-order valence-electron chi connectivity index (χ2n) is 4.20. The Kier molecular flexibility index (Phi) is 2.94. The maximum atomic E-state index is 12.1. The lowest BCUT2D eigenvalue weighted by Gasteiger charge is -2.05. The highest BCUT2D eigenvalue weighted by atomic mass is 16.5. The number of imidazole rings is 1. The molecule has 0 saturated heterocycles. The van der Waals surface area contributed by atoms with Crippen molar-refractivity contribution < 1.29 is 4.74 Å². The highest BCUT2D eigenvalue weighted by Gasteiger charge is 2.15. The van der Waals surface area contributed by atoms with E-state index in [0.29, 0.717) is 29.2 Å². The van der Waals surface area contributed by atoms with Crippen LogP contribution in [-0.2, 0) is 0 Å². The van der Waals surface area contributed by atoms with Crippen molar-refractivity contribution in [2.75, 3.05) is 6.61 Å². The number of ether oxygens (including phenoxy) is 1. The first-order valence-electron chi connectivity index (χ1n) is 6.23. The quantitative estimate of drug-likeness (QED) is 0.773. The van der Waals surface area contributed by atoms with E-state index in [-0.39, 0.29) is 11.7 Å². The summed E-state index contributed by atoms with van der Waals surface area (Å²) in [5, 5.41) is 0. The van der Waals surface area contributed by atoms with E-state index in [2.05, 4.69) is 19.9 Å². The van der Waals surface area contributed by atoms with Gasteiger partial charge in [0.25, 0.3) is 0 Å². The second kappa shape index (κ2) is 4.76. The van der Waals surface area contributed by atoms with Gasteiger partial charge in [-0.25, -0.2) is 4.79 Å². The Bertz CT molecular complexity index is 807. The normalized spacial score (nSPS) is 10.9. The zero-order valence-electron chi connectivity index (χ0n) is 11.1. The molecule has 0 aromatic carbocycles. The van der Waals surface area contributed by atoms with Gasteiger partial charge in [0, 0.05) is 6.20 Å². The first-order valence-corrected chi connectivity index (χ1v) is 6.23. The highest BCUT2D eigenvalue weighted by molar-refractivity contribution is 5.75. The summed E-state index contributed by atoms with van der Waals surface area (Å²) in [5.74, 6) is 0. The zero-order valence-corrected chi connectivity index (χ0v) is 11.1. The lowest BCUT2D eigenvalue weighted by Crippen LogP contribution is -2.15. The molecule has 102 valence electrons. The first kappa shape index (κ1) is 12.3. The molecule has 3 rings (SSSR count). The van der Waals surface area contributed by atoms with E-state index in [9.17, 15) is 4.79 Å². The van der Waals surface area contributed by atoms with Gasteiger partial charge in [0.2, 0.25) is 0 Å². The standard InChI is InChI=1S/C13H13N5O2/c1-3-20-12-15-8(2)10-11(16-12)17-13(19)18(10)9-5-4-6-14-7-9/h4-7H,3H2,1-2H3,(H,15,16,17,19). The number of hydrogen-bond donors (Lipinski definition) is 1. The SMILES string of the molecule is CCOc1nc(C)c2c(n1)[nH]c(=O)n2-c1cccnc1. The summed E-state index contributed by atoms with van der Waals surface area (Å²) < 4.78 is 6.79. The summed E-state index contributed by atoms with van der Waals surface area (Å²) in [6.07, 6.45) is 3.27. The Morgan fingerprint density at radius 1 is 1.40 bits per heavy atom. The van der Waals surface area contributed by atoms with Crippen LogP contribution in [0, 0.1) is 6.92 Å². The topological polar surface area (TPSA) is 85.7 Å². The predicted octanol–water partition coefficient (Wildman–Crippen LogP) is 1.21. The molecular weight excluding hydrogens is 258 g/mol. The highest BCUT2D eigenvalue weighted by Crippen LogP contribution is 2.18. The van der Waals surface area contributed by atoms with Crippen LogP contribution in [0.5, 0.6) is 6.01 Å². The van der Waals surface area contributed by atoms with Crippen molar-refractivity contribution in [3.63, 3.8) is 0 Å². The Morgan fingerprint density at radius 2 is 2.25 bits per heavy atom. The van der Waals surface area contributed by atoms with Crippen molar-refractivity contribution in [3.8, 4) is 11.7 Å². The van der Waals surface area contributed by atoms with E-state index in [4.69, 9.17) is 4.74 Å². The molecule has 0 aliphatic heterocycles. The molecule has 0 atom stereocenters. The number of fused-ring (bicyclic) bond motifs is 1. The summed E-state index contributed by atoms with van der Waals surface area (Å²) in [6.45, 7) is 4.14. The molecule has 20 heavy (non-hydrogen) atoms. The average Bonchev–Trinajstić information content (AvgIpc) is 2.77. The molecule has 7 heteroatoms. The third kappa shape index (κ3) is 1.93. The lowest BCUT2D eigenvalue weighted by molar-refractivity contribution is 0.313. The van der Waals surface area contributed by atoms with Crippen molar-refractivity contribution in [1.82, 2.24) is 24.5 Å². The number of pyridine rings is 1. The van der Waals surface area contributed by atoms with Crippen LogP contribution in [0.25, 0.3) is 16.9 Å². The van der Waals surface area contributed by atoms with Crippen LogP contribution in [0.1, 0.15) is 12.6 Å². The number of nitrogens with one attached hydrogen (secondary N) is 1. The van der Waals surface area contributed by atoms with Crippen LogP contribution in [0.15, 0.2) is 29.3 Å². The summed E-state index contributed by atoms with van der Waals surface area (Å²) in [7, 11) is 0. The molecule has 0 spiro atoms. The van der Waals surface area contributed by atoms with Crippen molar-refractivity contribution >= 4 is 11.2 Å². The molecule has 0 amide bonds. The number of hydrogen-bond acceptors (Lipinski definition) is 5. The van der Waals surface area contributed by atoms with Gasteiger partial charge in [0.1, 0.15) is 5.52 Å². The smallest absolute Gasteiger partial charge is 0.332 e. The number of H-pyrrole nitrogens is 1. The molecule has 0 aliphatic carbocycles. The monoisotopic (exact) mass is 271 g/mol. The number of aromatic nitrogens is 5. The lowest BCUT2D eigenvalue weighted by atomic mass is 10.3. The van der Waals surface area contributed by atoms with Gasteiger partial charge >= 0.3 is 11.7 Å². The fourth-order valence-electron chi connectivity index (χ4n) is 2.08. The van der Waals surface area contributed by atoms with Gasteiger partial charge in [-0.15, -0.1) is 0 Å². The Balaban J connectivity index is 2.29. The van der Waals surface area contributed by atoms with Crippen LogP contribution in [0.4, 0.5) is 0 Å². The summed E-state index contributed by atoms with van der Waals surface area (Å²) in [6, 6.07) is 3.83. The first-order chi connectivity index (χ1) is 9.70. The maximum Gasteiger partial charge on any atom is 0.332 e. The van der Waals surface area contributed by atoms with E-state index >= 15 is 0 Å². The summed E-state index contributed by atoms with van der Waals surface area (Å²) in [5.41, 5.74) is 2.14. The fourth-order valence-corrected chi connectivity index (χ4v) is 2.08. The van der Waals surface area contributed by atoms with Crippen molar-refractivity contribution in [2.45, 2.75) is 13.8 Å². The molecule has 3 aromatic heterocycles. The van der Waals surface area contributed by atoms with Gasteiger partial charge in [0.15, 0.2) is 5.65 Å². The third-order valence-corrected chi connectivity index (χ3v) is 2.87. The largest absolute Gasteiger partial charge is 0.464 e. The van der Waals surface area contributed by atoms with E-state index in [1.807, 2.05) is 13.8 Å². The fraction of sp³-hybridized carbons (Fsp3) is 0.231. The molecule has 7 nitrogen and oxygen atoms in total. The van der Waals surface area contributed by atoms with E-state index in [1.165, 1.54) is 4.57 Å². The molecule has 0 unspecified atom stereocenters. The summed E-state index contributed by atoms with van der Waals surface area (Å²) >= 11 is 0. The van der Waals surface area contributed by atoms with Crippen LogP contribution < -0.4 is 10.4 Å². The molecule has 3 aromatic rings. The molecule has 3 heterocycles. The minimum Gasteiger partial charge on any atom is -0.464 e. The van der Waals surface area contributed by atoms with Crippen LogP contribution in [0.2, 0.25) is 0 Å². The van der Waals surface area contributed by atoms with Gasteiger partial charge in [0.05, 0.1) is 24.2 Å². The van der Waals surface area contributed by atoms with Crippen LogP contribution in [0.3, 0.4) is 0 Å². The Hall–Kier alpha value is -2.70. The van der Waals surface area contributed by atoms with Gasteiger partial charge in [-0.3, -0.25) is 14.5 Å². The summed E-state index contributed by atoms with van der Waals surface area (Å²) in [4.78, 5) is 27.3. The number of aryl methyl sites for hydroxylation is 1. The molecular formula is C13H13N5O2. The van der Waals surface area contributed by atoms with E-state index in [0.717, 1.165) is 0 Å². The molecule has 0 aliphatic rings. The van der Waals surface area contributed by atoms with Gasteiger partial charge in [-0.1, -0.05) is 0 Å². The van der Waals surface area contributed by atoms with E-state index in [1.54, 1.807) is 24.5 Å². The maximum absolute atomic E-state index is 12.1. The second-order valence-corrected chi connectivity index (χ2v) is 4.20. The Labute approximate surface area is 114 Å². The van der Waals surface area contributed by atoms with Gasteiger partial charge < -0.3 is 4.74 Å². The average molecular weight is 271 g/mol. The van der Waals surface area contributed by atoms with Gasteiger partial charge in [-0.05, 0) is 26.0 Å². The zero-order chi connectivity index (χ0) is 14.1. The van der Waals surface area contributed by atoms with Crippen molar-refractivity contribution in [2.24, 2.45) is 0 Å². The molecule has 0 fully saturated rings. The molecule has 0 saturated carbocycles. The Morgan fingerprint density at radius 3 is 2.95 bits per heavy atom. The molecule has 1 N–H and O–H groups in total. The number of rotatable bonds is 3. The van der Waals surface area contributed by atoms with Crippen molar-refractivity contribution in [1.29, 1.82) is 0 Å². The minimum atomic E-state index is -0.279. The number of nitrogens with zero attached hydrogens (tertiary/aromatic N) is 4. The number of aromatic amines is 1. The van der Waals surface area contributed by atoms with Crippen LogP contribution >= 0.6 is 0 Å². The molecule has 0 bridgehead atoms.